The summed E-state index contributed by atoms with van der Waals surface area (Å²) in [7, 11) is 3.52. The monoisotopic (exact) mass is 515 g/mol. The number of nitro groups is 1. The molecule has 0 fully saturated rings. The minimum atomic E-state index is -1.04. The Hall–Kier alpha value is -3.45. The minimum absolute atomic E-state index is 0.120. The van der Waals surface area contributed by atoms with E-state index in [4.69, 9.17) is 9.47 Å². The quantitative estimate of drug-likeness (QED) is 0.183. The number of hydrogen-bond acceptors (Lipinski definition) is 9. The van der Waals surface area contributed by atoms with E-state index in [1.807, 2.05) is 22.6 Å². The number of aromatic nitrogens is 3. The number of rotatable bonds is 10. The van der Waals surface area contributed by atoms with E-state index in [2.05, 4.69) is 9.97 Å². The first kappa shape index (κ1) is 25.6. The number of halogens is 1. The fraction of sp³-hybridized carbons (Fsp3) is 0.333. The van der Waals surface area contributed by atoms with Gasteiger partial charge in [-0.25, -0.2) is 9.37 Å². The molecule has 10 nitrogen and oxygen atoms in total. The lowest BCUT2D eigenvalue weighted by Crippen LogP contribution is -2.45. The van der Waals surface area contributed by atoms with E-state index in [0.29, 0.717) is 41.5 Å². The molecule has 12 heteroatoms. The van der Waals surface area contributed by atoms with Crippen molar-refractivity contribution in [2.75, 3.05) is 20.3 Å². The van der Waals surface area contributed by atoms with Crippen LogP contribution in [0.4, 0.5) is 10.1 Å². The Morgan fingerprint density at radius 1 is 1.25 bits per heavy atom. The van der Waals surface area contributed by atoms with Crippen molar-refractivity contribution in [1.29, 1.82) is 0 Å². The first-order chi connectivity index (χ1) is 17.1. The fourth-order valence-corrected chi connectivity index (χ4v) is 4.77. The molecule has 0 amide bonds. The van der Waals surface area contributed by atoms with E-state index in [-0.39, 0.29) is 11.4 Å². The van der Waals surface area contributed by atoms with Crippen LogP contribution in [0.25, 0.3) is 20.9 Å². The molecule has 3 aromatic heterocycles. The molecular weight excluding hydrogens is 489 g/mol. The van der Waals surface area contributed by atoms with Crippen molar-refractivity contribution in [1.82, 2.24) is 19.4 Å². The number of imidazole rings is 1. The van der Waals surface area contributed by atoms with Gasteiger partial charge in [-0.3, -0.25) is 20.0 Å². The third-order valence-corrected chi connectivity index (χ3v) is 6.85. The first-order valence-corrected chi connectivity index (χ1v) is 11.9. The Balaban J connectivity index is 1.63. The van der Waals surface area contributed by atoms with Crippen LogP contribution in [0.3, 0.4) is 0 Å². The number of fused-ring (bicyclic) bond motifs is 1. The van der Waals surface area contributed by atoms with Crippen molar-refractivity contribution in [2.45, 2.75) is 26.1 Å². The smallest absolute Gasteiger partial charge is 0.272 e. The molecule has 0 atom stereocenters. The van der Waals surface area contributed by atoms with Crippen molar-refractivity contribution >= 4 is 27.2 Å². The lowest BCUT2D eigenvalue weighted by Gasteiger charge is -2.33. The van der Waals surface area contributed by atoms with Crippen LogP contribution in [-0.2, 0) is 18.3 Å². The highest BCUT2D eigenvalue weighted by molar-refractivity contribution is 7.22. The van der Waals surface area contributed by atoms with Gasteiger partial charge in [0.15, 0.2) is 11.6 Å². The molecule has 3 heterocycles. The highest BCUT2D eigenvalue weighted by Crippen LogP contribution is 2.39. The number of methoxy groups -OCH3 is 1. The Labute approximate surface area is 210 Å². The average Bonchev–Trinajstić information content (AvgIpc) is 3.40. The van der Waals surface area contributed by atoms with Gasteiger partial charge < -0.3 is 19.1 Å². The summed E-state index contributed by atoms with van der Waals surface area (Å²) in [6.45, 7) is 4.95. The molecule has 1 aromatic carbocycles. The summed E-state index contributed by atoms with van der Waals surface area (Å²) in [4.78, 5) is 21.9. The van der Waals surface area contributed by atoms with E-state index in [0.717, 1.165) is 16.6 Å². The molecule has 0 aliphatic heterocycles. The van der Waals surface area contributed by atoms with Crippen LogP contribution in [0.15, 0.2) is 42.7 Å². The summed E-state index contributed by atoms with van der Waals surface area (Å²) in [5.74, 6) is 0.142. The van der Waals surface area contributed by atoms with Crippen molar-refractivity contribution in [3.8, 4) is 22.2 Å². The van der Waals surface area contributed by atoms with E-state index in [9.17, 15) is 19.6 Å². The van der Waals surface area contributed by atoms with E-state index >= 15 is 0 Å². The molecule has 0 aliphatic rings. The molecule has 1 N–H and O–H groups in total. The molecule has 0 spiro atoms. The molecule has 190 valence electrons. The third kappa shape index (κ3) is 5.36. The highest BCUT2D eigenvalue weighted by Gasteiger charge is 2.25. The second-order valence-corrected chi connectivity index (χ2v) is 9.70. The van der Waals surface area contributed by atoms with Gasteiger partial charge in [-0.2, -0.15) is 0 Å². The van der Waals surface area contributed by atoms with Gasteiger partial charge in [0, 0.05) is 45.6 Å². The zero-order valence-corrected chi connectivity index (χ0v) is 21.1. The standard InChI is InChI=1S/C24H26FN5O5S/c1-24(2,31)29(9-10-34-4)14-16-13-27-23(28(16)3)21-12-18-22(36-21)20(7-8-26-18)35-19-6-5-15(30(32)33)11-17(19)25/h5-8,11-13,31H,9-10,14H2,1-4H3. The SMILES string of the molecule is COCCN(Cc1cnc(-c2cc3nccc(Oc4ccc([N+](=O)[O-])cc4F)c3s2)n1C)C(C)(C)O. The molecule has 0 radical (unpaired) electrons. The van der Waals surface area contributed by atoms with Gasteiger partial charge in [-0.05, 0) is 26.0 Å². The van der Waals surface area contributed by atoms with Gasteiger partial charge in [-0.15, -0.1) is 11.3 Å². The lowest BCUT2D eigenvalue weighted by atomic mass is 10.2. The largest absolute Gasteiger partial charge is 0.453 e. The first-order valence-electron chi connectivity index (χ1n) is 11.1. The van der Waals surface area contributed by atoms with E-state index in [1.54, 1.807) is 39.4 Å². The number of nitro benzene ring substituents is 1. The maximum Gasteiger partial charge on any atom is 0.272 e. The van der Waals surface area contributed by atoms with E-state index < -0.39 is 16.5 Å². The maximum absolute atomic E-state index is 14.4. The van der Waals surface area contributed by atoms with Crippen LogP contribution in [-0.4, -0.2) is 55.5 Å². The number of hydrogen-bond donors (Lipinski definition) is 1. The number of aliphatic hydroxyl groups is 1. The van der Waals surface area contributed by atoms with Crippen LogP contribution >= 0.6 is 11.3 Å². The van der Waals surface area contributed by atoms with Gasteiger partial charge in [-0.1, -0.05) is 0 Å². The van der Waals surface area contributed by atoms with Crippen molar-refractivity contribution < 1.29 is 23.9 Å². The molecular formula is C24H26FN5O5S. The summed E-state index contributed by atoms with van der Waals surface area (Å²) in [6, 6.07) is 6.74. The number of thiophene rings is 1. The van der Waals surface area contributed by atoms with Crippen molar-refractivity contribution in [3.63, 3.8) is 0 Å². The van der Waals surface area contributed by atoms with Gasteiger partial charge in [0.05, 0.1) is 44.6 Å². The molecule has 4 rings (SSSR count). The predicted molar refractivity (Wildman–Crippen MR) is 134 cm³/mol. The fourth-order valence-electron chi connectivity index (χ4n) is 3.67. The summed E-state index contributed by atoms with van der Waals surface area (Å²) in [5, 5.41) is 21.4. The van der Waals surface area contributed by atoms with E-state index in [1.165, 1.54) is 23.5 Å². The Kier molecular flexibility index (Phi) is 7.31. The summed E-state index contributed by atoms with van der Waals surface area (Å²) in [5.41, 5.74) is 0.161. The minimum Gasteiger partial charge on any atom is -0.453 e. The molecule has 0 bridgehead atoms. The molecule has 0 unspecified atom stereocenters. The summed E-state index contributed by atoms with van der Waals surface area (Å²) < 4.78 is 28.0. The van der Waals surface area contributed by atoms with Crippen LogP contribution < -0.4 is 4.74 Å². The molecule has 0 saturated carbocycles. The van der Waals surface area contributed by atoms with Gasteiger partial charge in [0.2, 0.25) is 0 Å². The number of ether oxygens (including phenoxy) is 2. The summed E-state index contributed by atoms with van der Waals surface area (Å²) >= 11 is 1.39. The zero-order chi connectivity index (χ0) is 26.0. The average molecular weight is 516 g/mol. The van der Waals surface area contributed by atoms with Crippen molar-refractivity contribution in [2.24, 2.45) is 7.05 Å². The number of nitrogens with zero attached hydrogens (tertiary/aromatic N) is 5. The Morgan fingerprint density at radius 3 is 2.69 bits per heavy atom. The van der Waals surface area contributed by atoms with Crippen LogP contribution in [0.2, 0.25) is 0 Å². The van der Waals surface area contributed by atoms with Crippen molar-refractivity contribution in [3.05, 3.63) is 64.4 Å². The second-order valence-electron chi connectivity index (χ2n) is 8.65. The third-order valence-electron chi connectivity index (χ3n) is 5.72. The van der Waals surface area contributed by atoms with Gasteiger partial charge in [0.25, 0.3) is 5.69 Å². The normalized spacial score (nSPS) is 12.0. The van der Waals surface area contributed by atoms with Crippen LogP contribution in [0.5, 0.6) is 11.5 Å². The van der Waals surface area contributed by atoms with Gasteiger partial charge in [0.1, 0.15) is 17.3 Å². The zero-order valence-electron chi connectivity index (χ0n) is 20.3. The molecule has 0 saturated heterocycles. The summed E-state index contributed by atoms with van der Waals surface area (Å²) in [6.07, 6.45) is 3.32. The molecule has 0 aliphatic carbocycles. The molecule has 4 aromatic rings. The Bertz CT molecular complexity index is 1400. The predicted octanol–water partition coefficient (Wildman–Crippen LogP) is 4.71. The van der Waals surface area contributed by atoms with Crippen LogP contribution in [0, 0.1) is 15.9 Å². The maximum atomic E-state index is 14.4. The molecule has 36 heavy (non-hydrogen) atoms. The van der Waals surface area contributed by atoms with Crippen LogP contribution in [0.1, 0.15) is 19.5 Å². The number of pyridine rings is 1. The number of non-ortho nitro benzene ring substituents is 1. The van der Waals surface area contributed by atoms with Gasteiger partial charge >= 0.3 is 0 Å². The Morgan fingerprint density at radius 2 is 2.03 bits per heavy atom. The number of benzene rings is 1. The lowest BCUT2D eigenvalue weighted by molar-refractivity contribution is -0.385. The second kappa shape index (κ2) is 10.3. The highest BCUT2D eigenvalue weighted by atomic mass is 32.1. The topological polar surface area (TPSA) is 116 Å².